The topological polar surface area (TPSA) is 79.8 Å². The van der Waals surface area contributed by atoms with Crippen LogP contribution in [0.25, 0.3) is 0 Å². The average Bonchev–Trinajstić information content (AvgIpc) is 2.60. The van der Waals surface area contributed by atoms with Crippen LogP contribution in [0.4, 0.5) is 5.69 Å². The first-order valence-corrected chi connectivity index (χ1v) is 8.85. The second-order valence-electron chi connectivity index (χ2n) is 5.78. The van der Waals surface area contributed by atoms with E-state index < -0.39 is 5.91 Å². The zero-order valence-electron chi connectivity index (χ0n) is 14.5. The summed E-state index contributed by atoms with van der Waals surface area (Å²) in [6.07, 6.45) is 1.52. The van der Waals surface area contributed by atoms with Crippen molar-refractivity contribution < 1.29 is 14.4 Å². The van der Waals surface area contributed by atoms with Crippen LogP contribution in [0, 0.1) is 0 Å². The third-order valence-electron chi connectivity index (χ3n) is 3.21. The van der Waals surface area contributed by atoms with Gasteiger partial charge >= 0.3 is 0 Å². The third kappa shape index (κ3) is 6.33. The van der Waals surface area contributed by atoms with Gasteiger partial charge in [0, 0.05) is 10.5 Å². The molecule has 2 aromatic carbocycles. The maximum Gasteiger partial charge on any atom is 0.265 e. The van der Waals surface area contributed by atoms with Crippen molar-refractivity contribution in [2.24, 2.45) is 5.16 Å². The molecule has 0 radical (unpaired) electrons. The predicted molar refractivity (Wildman–Crippen MR) is 105 cm³/mol. The Kier molecular flexibility index (Phi) is 7.35. The minimum Gasteiger partial charge on any atom is -0.386 e. The average molecular weight is 418 g/mol. The van der Waals surface area contributed by atoms with Crippen LogP contribution in [0.3, 0.4) is 0 Å². The van der Waals surface area contributed by atoms with E-state index in [1.54, 1.807) is 24.3 Å². The fourth-order valence-corrected chi connectivity index (χ4v) is 2.32. The lowest BCUT2D eigenvalue weighted by Gasteiger charge is -2.12. The van der Waals surface area contributed by atoms with Gasteiger partial charge < -0.3 is 15.5 Å². The van der Waals surface area contributed by atoms with Crippen molar-refractivity contribution in [3.8, 4) is 0 Å². The van der Waals surface area contributed by atoms with Crippen LogP contribution in [-0.2, 0) is 9.63 Å². The Labute approximate surface area is 160 Å². The van der Waals surface area contributed by atoms with Gasteiger partial charge in [-0.05, 0) is 43.7 Å². The van der Waals surface area contributed by atoms with Crippen molar-refractivity contribution in [3.05, 3.63) is 64.1 Å². The van der Waals surface area contributed by atoms with E-state index in [0.29, 0.717) is 11.3 Å². The Morgan fingerprint density at radius 3 is 2.54 bits per heavy atom. The van der Waals surface area contributed by atoms with Crippen molar-refractivity contribution >= 4 is 39.6 Å². The van der Waals surface area contributed by atoms with Gasteiger partial charge in [-0.1, -0.05) is 45.4 Å². The molecule has 0 heterocycles. The molecule has 0 saturated carbocycles. The highest BCUT2D eigenvalue weighted by Crippen LogP contribution is 2.15. The fourth-order valence-electron chi connectivity index (χ4n) is 2.06. The summed E-state index contributed by atoms with van der Waals surface area (Å²) in [6, 6.07) is 14.3. The van der Waals surface area contributed by atoms with Crippen LogP contribution < -0.4 is 10.6 Å². The van der Waals surface area contributed by atoms with Crippen molar-refractivity contribution in [2.75, 3.05) is 11.9 Å². The number of hydrogen-bond acceptors (Lipinski definition) is 4. The Balaban J connectivity index is 1.89. The van der Waals surface area contributed by atoms with Gasteiger partial charge in [-0.25, -0.2) is 0 Å². The van der Waals surface area contributed by atoms with Gasteiger partial charge in [0.2, 0.25) is 0 Å². The SMILES string of the molecule is CC(C)NC(=O)c1ccccc1NC(=O)CO/N=C\c1ccc(Br)cc1. The van der Waals surface area contributed by atoms with Crippen LogP contribution in [0.1, 0.15) is 29.8 Å². The number of hydrogen-bond donors (Lipinski definition) is 2. The number of rotatable bonds is 7. The molecule has 0 aliphatic heterocycles. The van der Waals surface area contributed by atoms with E-state index in [9.17, 15) is 9.59 Å². The molecule has 0 saturated heterocycles. The maximum absolute atomic E-state index is 12.2. The molecule has 0 aliphatic carbocycles. The van der Waals surface area contributed by atoms with E-state index in [4.69, 9.17) is 4.84 Å². The van der Waals surface area contributed by atoms with Gasteiger partial charge in [-0.2, -0.15) is 0 Å². The lowest BCUT2D eigenvalue weighted by Crippen LogP contribution is -2.31. The smallest absolute Gasteiger partial charge is 0.265 e. The lowest BCUT2D eigenvalue weighted by atomic mass is 10.1. The number of oxime groups is 1. The quantitative estimate of drug-likeness (QED) is 0.533. The lowest BCUT2D eigenvalue weighted by molar-refractivity contribution is -0.120. The van der Waals surface area contributed by atoms with Gasteiger partial charge in [0.1, 0.15) is 0 Å². The van der Waals surface area contributed by atoms with Crippen LogP contribution in [-0.4, -0.2) is 30.7 Å². The molecular weight excluding hydrogens is 398 g/mol. The monoisotopic (exact) mass is 417 g/mol. The first-order valence-electron chi connectivity index (χ1n) is 8.06. The minimum absolute atomic E-state index is 0.00235. The van der Waals surface area contributed by atoms with Gasteiger partial charge in [-0.3, -0.25) is 9.59 Å². The summed E-state index contributed by atoms with van der Waals surface area (Å²) in [7, 11) is 0. The first-order chi connectivity index (χ1) is 12.5. The number of halogens is 1. The van der Waals surface area contributed by atoms with E-state index in [1.165, 1.54) is 6.21 Å². The van der Waals surface area contributed by atoms with E-state index >= 15 is 0 Å². The Hall–Kier alpha value is -2.67. The van der Waals surface area contributed by atoms with Crippen LogP contribution in [0.15, 0.2) is 58.2 Å². The number of benzene rings is 2. The van der Waals surface area contributed by atoms with Crippen molar-refractivity contribution in [1.29, 1.82) is 0 Å². The largest absolute Gasteiger partial charge is 0.386 e. The Bertz CT molecular complexity index is 789. The zero-order valence-corrected chi connectivity index (χ0v) is 16.1. The summed E-state index contributed by atoms with van der Waals surface area (Å²) >= 11 is 3.35. The minimum atomic E-state index is -0.400. The van der Waals surface area contributed by atoms with Crippen molar-refractivity contribution in [1.82, 2.24) is 5.32 Å². The molecule has 6 nitrogen and oxygen atoms in total. The molecule has 0 aromatic heterocycles. The number of nitrogens with zero attached hydrogens (tertiary/aromatic N) is 1. The molecule has 0 aliphatic rings. The number of amides is 2. The number of para-hydroxylation sites is 1. The summed E-state index contributed by atoms with van der Waals surface area (Å²) in [5.41, 5.74) is 1.67. The van der Waals surface area contributed by atoms with E-state index in [0.717, 1.165) is 10.0 Å². The van der Waals surface area contributed by atoms with Gasteiger partial charge in [0.15, 0.2) is 6.61 Å². The fraction of sp³-hybridized carbons (Fsp3) is 0.211. The summed E-state index contributed by atoms with van der Waals surface area (Å²) in [6.45, 7) is 3.49. The molecule has 0 spiro atoms. The van der Waals surface area contributed by atoms with E-state index in [-0.39, 0.29) is 18.6 Å². The number of nitrogens with one attached hydrogen (secondary N) is 2. The van der Waals surface area contributed by atoms with E-state index in [1.807, 2.05) is 38.1 Å². The molecule has 2 rings (SSSR count). The summed E-state index contributed by atoms with van der Waals surface area (Å²) < 4.78 is 0.968. The van der Waals surface area contributed by atoms with Gasteiger partial charge in [0.25, 0.3) is 11.8 Å². The number of carbonyl (C=O) groups is 2. The van der Waals surface area contributed by atoms with Crippen molar-refractivity contribution in [2.45, 2.75) is 19.9 Å². The molecule has 2 amide bonds. The highest BCUT2D eigenvalue weighted by Gasteiger charge is 2.13. The highest BCUT2D eigenvalue weighted by atomic mass is 79.9. The summed E-state index contributed by atoms with van der Waals surface area (Å²) in [5.74, 6) is -0.646. The second kappa shape index (κ2) is 9.72. The zero-order chi connectivity index (χ0) is 18.9. The molecule has 0 atom stereocenters. The molecule has 7 heteroatoms. The second-order valence-corrected chi connectivity index (χ2v) is 6.70. The molecule has 2 aromatic rings. The van der Waals surface area contributed by atoms with Gasteiger partial charge in [-0.15, -0.1) is 0 Å². The molecule has 0 bridgehead atoms. The molecule has 0 unspecified atom stereocenters. The van der Waals surface area contributed by atoms with Gasteiger partial charge in [0.05, 0.1) is 17.5 Å². The van der Waals surface area contributed by atoms with Crippen molar-refractivity contribution in [3.63, 3.8) is 0 Å². The summed E-state index contributed by atoms with van der Waals surface area (Å²) in [5, 5.41) is 9.23. The summed E-state index contributed by atoms with van der Waals surface area (Å²) in [4.78, 5) is 29.2. The molecule has 26 heavy (non-hydrogen) atoms. The standard InChI is InChI=1S/C19H20BrN3O3/c1-13(2)22-19(25)16-5-3-4-6-17(16)23-18(24)12-26-21-11-14-7-9-15(20)10-8-14/h3-11,13H,12H2,1-2H3,(H,22,25)(H,23,24)/b21-11-. The highest BCUT2D eigenvalue weighted by molar-refractivity contribution is 9.10. The van der Waals surface area contributed by atoms with Crippen LogP contribution in [0.5, 0.6) is 0 Å². The molecule has 0 fully saturated rings. The van der Waals surface area contributed by atoms with Crippen LogP contribution in [0.2, 0.25) is 0 Å². The first kappa shape index (κ1) is 19.7. The number of carbonyl (C=O) groups excluding carboxylic acids is 2. The molecular formula is C19H20BrN3O3. The normalized spacial score (nSPS) is 10.8. The Morgan fingerprint density at radius 2 is 1.85 bits per heavy atom. The van der Waals surface area contributed by atoms with E-state index in [2.05, 4.69) is 31.7 Å². The predicted octanol–water partition coefficient (Wildman–Crippen LogP) is 3.58. The maximum atomic E-state index is 12.2. The third-order valence-corrected chi connectivity index (χ3v) is 3.74. The number of anilines is 1. The van der Waals surface area contributed by atoms with Crippen LogP contribution >= 0.6 is 15.9 Å². The molecule has 2 N–H and O–H groups in total. The Morgan fingerprint density at radius 1 is 1.15 bits per heavy atom. The molecule has 136 valence electrons.